The molecular weight excluding hydrogens is 288 g/mol. The van der Waals surface area contributed by atoms with Crippen molar-refractivity contribution in [2.45, 2.75) is 0 Å². The second-order valence-electron chi connectivity index (χ2n) is 4.33. The fourth-order valence-electron chi connectivity index (χ4n) is 2.02. The van der Waals surface area contributed by atoms with Crippen LogP contribution in [-0.4, -0.2) is 9.97 Å². The first kappa shape index (κ1) is 13.0. The number of aromatic amines is 1. The van der Waals surface area contributed by atoms with E-state index in [1.165, 1.54) is 0 Å². The number of halogens is 1. The number of rotatable bonds is 2. The molecule has 0 saturated carbocycles. The van der Waals surface area contributed by atoms with E-state index in [4.69, 9.17) is 23.8 Å². The van der Waals surface area contributed by atoms with Crippen LogP contribution in [0.25, 0.3) is 22.6 Å². The summed E-state index contributed by atoms with van der Waals surface area (Å²) in [5, 5.41) is 0.684. The van der Waals surface area contributed by atoms with Crippen molar-refractivity contribution in [3.63, 3.8) is 0 Å². The molecule has 2 nitrogen and oxygen atoms in total. The molecule has 0 aliphatic rings. The highest BCUT2D eigenvalue weighted by molar-refractivity contribution is 7.71. The van der Waals surface area contributed by atoms with E-state index in [1.54, 1.807) is 0 Å². The zero-order valence-corrected chi connectivity index (χ0v) is 12.1. The number of hydrogen-bond acceptors (Lipinski definition) is 2. The van der Waals surface area contributed by atoms with E-state index < -0.39 is 0 Å². The maximum Gasteiger partial charge on any atom is 0.139 e. The van der Waals surface area contributed by atoms with Gasteiger partial charge in [-0.25, -0.2) is 4.98 Å². The van der Waals surface area contributed by atoms with Crippen LogP contribution >= 0.6 is 23.8 Å². The van der Waals surface area contributed by atoms with Gasteiger partial charge in [-0.3, -0.25) is 0 Å². The van der Waals surface area contributed by atoms with Crippen LogP contribution in [0.4, 0.5) is 0 Å². The Morgan fingerprint density at radius 3 is 2.40 bits per heavy atom. The van der Waals surface area contributed by atoms with Crippen LogP contribution in [0.1, 0.15) is 0 Å². The van der Waals surface area contributed by atoms with Crippen molar-refractivity contribution in [1.82, 2.24) is 9.97 Å². The van der Waals surface area contributed by atoms with Gasteiger partial charge in [-0.05, 0) is 12.1 Å². The Kier molecular flexibility index (Phi) is 3.63. The van der Waals surface area contributed by atoms with Gasteiger partial charge in [-0.2, -0.15) is 0 Å². The zero-order chi connectivity index (χ0) is 13.9. The molecule has 0 bridgehead atoms. The Bertz CT molecular complexity index is 797. The standard InChI is InChI=1S/C16H11ClN2S/c17-13-9-5-4-8-12(13)14-10-15(20)19-16(18-14)11-6-2-1-3-7-11/h1-10H,(H,18,19,20). The number of benzene rings is 2. The maximum atomic E-state index is 6.24. The highest BCUT2D eigenvalue weighted by atomic mass is 35.5. The minimum absolute atomic E-state index is 0.539. The number of hydrogen-bond donors (Lipinski definition) is 1. The topological polar surface area (TPSA) is 28.7 Å². The third-order valence-corrected chi connectivity index (χ3v) is 3.49. The van der Waals surface area contributed by atoms with Gasteiger partial charge in [0, 0.05) is 16.1 Å². The van der Waals surface area contributed by atoms with E-state index in [1.807, 2.05) is 60.7 Å². The summed E-state index contributed by atoms with van der Waals surface area (Å²) < 4.78 is 0.539. The van der Waals surface area contributed by atoms with Gasteiger partial charge in [0.1, 0.15) is 10.5 Å². The van der Waals surface area contributed by atoms with Crippen LogP contribution in [0.2, 0.25) is 5.02 Å². The van der Waals surface area contributed by atoms with Crippen molar-refractivity contribution in [3.05, 3.63) is 70.3 Å². The predicted octanol–water partition coefficient (Wildman–Crippen LogP) is 5.13. The van der Waals surface area contributed by atoms with Gasteiger partial charge in [-0.15, -0.1) is 0 Å². The zero-order valence-electron chi connectivity index (χ0n) is 10.5. The summed E-state index contributed by atoms with van der Waals surface area (Å²) in [6.07, 6.45) is 0. The highest BCUT2D eigenvalue weighted by Gasteiger charge is 2.06. The van der Waals surface area contributed by atoms with Crippen LogP contribution in [0.15, 0.2) is 60.7 Å². The Hall–Kier alpha value is -1.97. The van der Waals surface area contributed by atoms with Gasteiger partial charge in [0.2, 0.25) is 0 Å². The van der Waals surface area contributed by atoms with E-state index in [2.05, 4.69) is 9.97 Å². The average Bonchev–Trinajstić information content (AvgIpc) is 2.48. The van der Waals surface area contributed by atoms with Crippen LogP contribution in [0, 0.1) is 4.64 Å². The maximum absolute atomic E-state index is 6.24. The molecule has 3 rings (SSSR count). The quantitative estimate of drug-likeness (QED) is 0.665. The molecule has 98 valence electrons. The SMILES string of the molecule is S=c1cc(-c2ccccc2Cl)[nH]c(-c2ccccc2)n1. The molecule has 4 heteroatoms. The van der Waals surface area contributed by atoms with Crippen LogP contribution < -0.4 is 0 Å². The lowest BCUT2D eigenvalue weighted by atomic mass is 10.1. The van der Waals surface area contributed by atoms with Crippen molar-refractivity contribution in [2.75, 3.05) is 0 Å². The van der Waals surface area contributed by atoms with E-state index in [-0.39, 0.29) is 0 Å². The van der Waals surface area contributed by atoms with E-state index in [9.17, 15) is 0 Å². The molecule has 0 amide bonds. The molecule has 1 heterocycles. The van der Waals surface area contributed by atoms with Crippen molar-refractivity contribution in [2.24, 2.45) is 0 Å². The molecule has 0 saturated heterocycles. The van der Waals surface area contributed by atoms with E-state index >= 15 is 0 Å². The lowest BCUT2D eigenvalue weighted by Gasteiger charge is -2.07. The number of nitrogens with one attached hydrogen (secondary N) is 1. The van der Waals surface area contributed by atoms with Crippen molar-refractivity contribution in [1.29, 1.82) is 0 Å². The van der Waals surface area contributed by atoms with Gasteiger partial charge in [0.25, 0.3) is 0 Å². The third-order valence-electron chi connectivity index (χ3n) is 2.95. The Labute approximate surface area is 127 Å². The molecular formula is C16H11ClN2S. The molecule has 3 aromatic rings. The van der Waals surface area contributed by atoms with Crippen molar-refractivity contribution >= 4 is 23.8 Å². The fourth-order valence-corrected chi connectivity index (χ4v) is 2.46. The minimum Gasteiger partial charge on any atom is -0.339 e. The van der Waals surface area contributed by atoms with Crippen molar-refractivity contribution < 1.29 is 0 Å². The molecule has 0 fully saturated rings. The summed E-state index contributed by atoms with van der Waals surface area (Å²) in [7, 11) is 0. The normalized spacial score (nSPS) is 10.4. The second kappa shape index (κ2) is 5.57. The molecule has 0 spiro atoms. The molecule has 0 unspecified atom stereocenters. The molecule has 0 radical (unpaired) electrons. The predicted molar refractivity (Wildman–Crippen MR) is 85.3 cm³/mol. The molecule has 1 aromatic heterocycles. The summed E-state index contributed by atoms with van der Waals surface area (Å²) in [5.74, 6) is 0.744. The highest BCUT2D eigenvalue weighted by Crippen LogP contribution is 2.27. The Balaban J connectivity index is 2.18. The third kappa shape index (κ3) is 2.64. The lowest BCUT2D eigenvalue weighted by Crippen LogP contribution is -1.93. The van der Waals surface area contributed by atoms with Crippen molar-refractivity contribution in [3.8, 4) is 22.6 Å². The molecule has 2 aromatic carbocycles. The second-order valence-corrected chi connectivity index (χ2v) is 5.15. The Morgan fingerprint density at radius 2 is 1.65 bits per heavy atom. The first-order valence-electron chi connectivity index (χ1n) is 6.16. The monoisotopic (exact) mass is 298 g/mol. The summed E-state index contributed by atoms with van der Waals surface area (Å²) in [5.41, 5.74) is 2.78. The molecule has 0 aliphatic heterocycles. The van der Waals surface area contributed by atoms with Gasteiger partial charge < -0.3 is 4.98 Å². The number of aromatic nitrogens is 2. The first-order valence-corrected chi connectivity index (χ1v) is 6.94. The van der Waals surface area contributed by atoms with E-state index in [0.29, 0.717) is 9.66 Å². The van der Waals surface area contributed by atoms with Gasteiger partial charge >= 0.3 is 0 Å². The van der Waals surface area contributed by atoms with Crippen LogP contribution in [-0.2, 0) is 0 Å². The molecule has 1 N–H and O–H groups in total. The minimum atomic E-state index is 0.539. The summed E-state index contributed by atoms with van der Waals surface area (Å²) in [6.45, 7) is 0. The van der Waals surface area contributed by atoms with E-state index in [0.717, 1.165) is 22.6 Å². The smallest absolute Gasteiger partial charge is 0.139 e. The van der Waals surface area contributed by atoms with Gasteiger partial charge in [-0.1, -0.05) is 72.3 Å². The molecule has 20 heavy (non-hydrogen) atoms. The van der Waals surface area contributed by atoms with Gasteiger partial charge in [0.15, 0.2) is 0 Å². The summed E-state index contributed by atoms with van der Waals surface area (Å²) in [6, 6.07) is 19.4. The molecule has 0 aliphatic carbocycles. The Morgan fingerprint density at radius 1 is 0.950 bits per heavy atom. The first-order chi connectivity index (χ1) is 9.74. The number of nitrogens with zero attached hydrogens (tertiary/aromatic N) is 1. The summed E-state index contributed by atoms with van der Waals surface area (Å²) in [4.78, 5) is 7.67. The largest absolute Gasteiger partial charge is 0.339 e. The average molecular weight is 299 g/mol. The van der Waals surface area contributed by atoms with Crippen LogP contribution in [0.5, 0.6) is 0 Å². The number of H-pyrrole nitrogens is 1. The van der Waals surface area contributed by atoms with Crippen LogP contribution in [0.3, 0.4) is 0 Å². The molecule has 0 atom stereocenters. The lowest BCUT2D eigenvalue weighted by molar-refractivity contribution is 1.16. The van der Waals surface area contributed by atoms with Gasteiger partial charge in [0.05, 0.1) is 5.69 Å². The summed E-state index contributed by atoms with van der Waals surface area (Å²) >= 11 is 11.5. The fraction of sp³-hybridized carbons (Fsp3) is 0.